The minimum absolute atomic E-state index is 0.254. The molecular formula is C15H29NO2. The Morgan fingerprint density at radius 1 is 1.17 bits per heavy atom. The lowest BCUT2D eigenvalue weighted by atomic mass is 9.80. The normalized spacial score (nSPS) is 41.8. The van der Waals surface area contributed by atoms with Crippen LogP contribution in [-0.4, -0.2) is 38.0 Å². The lowest BCUT2D eigenvalue weighted by molar-refractivity contribution is -0.115. The summed E-state index contributed by atoms with van der Waals surface area (Å²) in [5.74, 6) is 1.66. The molecule has 3 nitrogen and oxygen atoms in total. The summed E-state index contributed by atoms with van der Waals surface area (Å²) in [7, 11) is 0. The maximum atomic E-state index is 6.33. The minimum atomic E-state index is 0.254. The minimum Gasteiger partial charge on any atom is -0.379 e. The third-order valence-corrected chi connectivity index (χ3v) is 4.69. The maximum absolute atomic E-state index is 6.33. The average molecular weight is 255 g/mol. The van der Waals surface area contributed by atoms with Gasteiger partial charge >= 0.3 is 0 Å². The zero-order valence-corrected chi connectivity index (χ0v) is 12.2. The fourth-order valence-electron chi connectivity index (χ4n) is 3.21. The molecule has 5 atom stereocenters. The third kappa shape index (κ3) is 3.69. The van der Waals surface area contributed by atoms with Gasteiger partial charge in [-0.2, -0.15) is 0 Å². The van der Waals surface area contributed by atoms with Gasteiger partial charge in [0.05, 0.1) is 18.8 Å². The Morgan fingerprint density at radius 3 is 2.72 bits per heavy atom. The number of rotatable bonds is 4. The topological polar surface area (TPSA) is 30.5 Å². The van der Waals surface area contributed by atoms with Crippen molar-refractivity contribution in [2.24, 2.45) is 11.8 Å². The van der Waals surface area contributed by atoms with Gasteiger partial charge in [-0.25, -0.2) is 0 Å². The maximum Gasteiger partial charge on any atom is 0.0965 e. The Balaban J connectivity index is 1.83. The highest BCUT2D eigenvalue weighted by Crippen LogP contribution is 2.32. The molecule has 18 heavy (non-hydrogen) atoms. The molecule has 0 aromatic carbocycles. The molecule has 0 aromatic rings. The van der Waals surface area contributed by atoms with Gasteiger partial charge in [0.1, 0.15) is 0 Å². The molecular weight excluding hydrogens is 226 g/mol. The molecule has 1 saturated carbocycles. The molecule has 106 valence electrons. The molecule has 2 fully saturated rings. The highest BCUT2D eigenvalue weighted by molar-refractivity contribution is 4.83. The molecule has 3 heteroatoms. The van der Waals surface area contributed by atoms with E-state index in [9.17, 15) is 0 Å². The Bertz CT molecular complexity index is 245. The van der Waals surface area contributed by atoms with Gasteiger partial charge in [0, 0.05) is 12.6 Å². The van der Waals surface area contributed by atoms with Crippen LogP contribution in [0.4, 0.5) is 0 Å². The number of hydrogen-bond acceptors (Lipinski definition) is 3. The van der Waals surface area contributed by atoms with Crippen LogP contribution in [0.5, 0.6) is 0 Å². The van der Waals surface area contributed by atoms with Crippen LogP contribution < -0.4 is 5.32 Å². The Morgan fingerprint density at radius 2 is 2.00 bits per heavy atom. The van der Waals surface area contributed by atoms with Gasteiger partial charge in [0.2, 0.25) is 0 Å². The first-order chi connectivity index (χ1) is 8.70. The van der Waals surface area contributed by atoms with Crippen LogP contribution in [0.25, 0.3) is 0 Å². The number of ether oxygens (including phenoxy) is 2. The molecule has 0 radical (unpaired) electrons. The second-order valence-corrected chi connectivity index (χ2v) is 6.09. The lowest BCUT2D eigenvalue weighted by Gasteiger charge is -2.38. The molecule has 1 heterocycles. The summed E-state index contributed by atoms with van der Waals surface area (Å²) in [4.78, 5) is 0. The Kier molecular flexibility index (Phi) is 5.46. The van der Waals surface area contributed by atoms with Crippen molar-refractivity contribution in [2.75, 3.05) is 19.8 Å². The SMILES string of the molecule is CCNC1CCOCC1OC1CCC(C)C(C)C1. The van der Waals surface area contributed by atoms with Gasteiger partial charge in [-0.05, 0) is 44.1 Å². The highest BCUT2D eigenvalue weighted by atomic mass is 16.5. The molecule has 2 rings (SSSR count). The van der Waals surface area contributed by atoms with E-state index in [4.69, 9.17) is 9.47 Å². The standard InChI is InChI=1S/C15H29NO2/c1-4-16-14-7-8-17-10-15(14)18-13-6-5-11(2)12(3)9-13/h11-16H,4-10H2,1-3H3. The molecule has 1 N–H and O–H groups in total. The van der Waals surface area contributed by atoms with E-state index in [-0.39, 0.29) is 6.10 Å². The quantitative estimate of drug-likeness (QED) is 0.837. The van der Waals surface area contributed by atoms with Crippen molar-refractivity contribution in [3.05, 3.63) is 0 Å². The number of nitrogens with one attached hydrogen (secondary N) is 1. The summed E-state index contributed by atoms with van der Waals surface area (Å²) >= 11 is 0. The first kappa shape index (κ1) is 14.3. The molecule has 1 saturated heterocycles. The highest BCUT2D eigenvalue weighted by Gasteiger charge is 2.31. The van der Waals surface area contributed by atoms with Crippen LogP contribution in [0.2, 0.25) is 0 Å². The van der Waals surface area contributed by atoms with Crippen molar-refractivity contribution in [1.82, 2.24) is 5.32 Å². The van der Waals surface area contributed by atoms with Gasteiger partial charge in [-0.15, -0.1) is 0 Å². The Labute approximate surface area is 112 Å². The summed E-state index contributed by atoms with van der Waals surface area (Å²) in [6.45, 7) is 9.54. The number of likely N-dealkylation sites (N-methyl/N-ethyl adjacent to an activating group) is 1. The summed E-state index contributed by atoms with van der Waals surface area (Å²) in [6.07, 6.45) is 5.54. The van der Waals surface area contributed by atoms with Crippen molar-refractivity contribution < 1.29 is 9.47 Å². The zero-order valence-electron chi connectivity index (χ0n) is 12.2. The van der Waals surface area contributed by atoms with E-state index in [1.54, 1.807) is 0 Å². The predicted octanol–water partition coefficient (Wildman–Crippen LogP) is 2.59. The smallest absolute Gasteiger partial charge is 0.0965 e. The van der Waals surface area contributed by atoms with Crippen molar-refractivity contribution in [2.45, 2.75) is 64.7 Å². The Hall–Kier alpha value is -0.120. The van der Waals surface area contributed by atoms with E-state index in [1.807, 2.05) is 0 Å². The van der Waals surface area contributed by atoms with Gasteiger partial charge < -0.3 is 14.8 Å². The molecule has 5 unspecified atom stereocenters. The predicted molar refractivity (Wildman–Crippen MR) is 73.7 cm³/mol. The first-order valence-electron chi connectivity index (χ1n) is 7.67. The van der Waals surface area contributed by atoms with E-state index >= 15 is 0 Å². The van der Waals surface area contributed by atoms with Gasteiger partial charge in [0.15, 0.2) is 0 Å². The van der Waals surface area contributed by atoms with Crippen molar-refractivity contribution in [3.8, 4) is 0 Å². The van der Waals surface area contributed by atoms with E-state index < -0.39 is 0 Å². The largest absolute Gasteiger partial charge is 0.379 e. The lowest BCUT2D eigenvalue weighted by Crippen LogP contribution is -2.49. The first-order valence-corrected chi connectivity index (χ1v) is 7.67. The average Bonchev–Trinajstić information content (AvgIpc) is 2.37. The van der Waals surface area contributed by atoms with Crippen molar-refractivity contribution in [1.29, 1.82) is 0 Å². The van der Waals surface area contributed by atoms with Crippen LogP contribution in [0, 0.1) is 11.8 Å². The van der Waals surface area contributed by atoms with Crippen LogP contribution in [0.15, 0.2) is 0 Å². The summed E-state index contributed by atoms with van der Waals surface area (Å²) in [5, 5.41) is 3.54. The van der Waals surface area contributed by atoms with Gasteiger partial charge in [-0.3, -0.25) is 0 Å². The van der Waals surface area contributed by atoms with Gasteiger partial charge in [-0.1, -0.05) is 20.8 Å². The van der Waals surface area contributed by atoms with E-state index in [1.165, 1.54) is 19.3 Å². The van der Waals surface area contributed by atoms with Crippen molar-refractivity contribution >= 4 is 0 Å². The monoisotopic (exact) mass is 255 g/mol. The van der Waals surface area contributed by atoms with Crippen LogP contribution in [0.1, 0.15) is 46.5 Å². The molecule has 0 spiro atoms. The van der Waals surface area contributed by atoms with E-state index in [0.29, 0.717) is 12.1 Å². The number of hydrogen-bond donors (Lipinski definition) is 1. The summed E-state index contributed by atoms with van der Waals surface area (Å²) in [6, 6.07) is 0.485. The van der Waals surface area contributed by atoms with Crippen LogP contribution in [0.3, 0.4) is 0 Å². The summed E-state index contributed by atoms with van der Waals surface area (Å²) < 4.78 is 11.9. The molecule has 2 aliphatic rings. The van der Waals surface area contributed by atoms with Crippen LogP contribution >= 0.6 is 0 Å². The van der Waals surface area contributed by atoms with Crippen LogP contribution in [-0.2, 0) is 9.47 Å². The van der Waals surface area contributed by atoms with E-state index in [2.05, 4.69) is 26.1 Å². The molecule has 1 aliphatic heterocycles. The van der Waals surface area contributed by atoms with Gasteiger partial charge in [0.25, 0.3) is 0 Å². The second-order valence-electron chi connectivity index (χ2n) is 6.09. The van der Waals surface area contributed by atoms with E-state index in [0.717, 1.165) is 38.0 Å². The molecule has 1 aliphatic carbocycles. The molecule has 0 amide bonds. The molecule has 0 aromatic heterocycles. The summed E-state index contributed by atoms with van der Waals surface area (Å²) in [5.41, 5.74) is 0. The zero-order chi connectivity index (χ0) is 13.0. The molecule has 0 bridgehead atoms. The van der Waals surface area contributed by atoms with Crippen molar-refractivity contribution in [3.63, 3.8) is 0 Å². The third-order valence-electron chi connectivity index (χ3n) is 4.69. The fraction of sp³-hybridized carbons (Fsp3) is 1.00. The fourth-order valence-corrected chi connectivity index (χ4v) is 3.21. The second kappa shape index (κ2) is 6.88.